The molecule has 0 bridgehead atoms. The summed E-state index contributed by atoms with van der Waals surface area (Å²) in [6.45, 7) is 0. The third-order valence-electron chi connectivity index (χ3n) is 5.36. The molecule has 4 aromatic rings. The molecule has 0 radical (unpaired) electrons. The average Bonchev–Trinajstić information content (AvgIpc) is 3.24. The van der Waals surface area contributed by atoms with Gasteiger partial charge in [0.2, 0.25) is 0 Å². The van der Waals surface area contributed by atoms with E-state index in [2.05, 4.69) is 10.3 Å². The highest BCUT2D eigenvalue weighted by molar-refractivity contribution is 7.15. The summed E-state index contributed by atoms with van der Waals surface area (Å²) < 4.78 is 0. The Morgan fingerprint density at radius 3 is 2.39 bits per heavy atom. The molecule has 0 fully saturated rings. The molecule has 31 heavy (non-hydrogen) atoms. The minimum Gasteiger partial charge on any atom is -0.507 e. The van der Waals surface area contributed by atoms with E-state index < -0.39 is 6.04 Å². The summed E-state index contributed by atoms with van der Waals surface area (Å²) in [5.74, 6) is 0.269. The minimum atomic E-state index is -0.622. The summed E-state index contributed by atoms with van der Waals surface area (Å²) in [7, 11) is 0. The summed E-state index contributed by atoms with van der Waals surface area (Å²) in [4.78, 5) is 16.3. The Labute approximate surface area is 183 Å². The number of carbonyl (C=O) groups excluding carboxylic acids is 1. The summed E-state index contributed by atoms with van der Waals surface area (Å²) in [6, 6.07) is 19.6. The smallest absolute Gasteiger partial charge is 0.146 e. The number of aromatic nitrogens is 1. The van der Waals surface area contributed by atoms with Crippen molar-refractivity contribution in [2.24, 2.45) is 0 Å². The molecule has 0 saturated carbocycles. The predicted octanol–water partition coefficient (Wildman–Crippen LogP) is 5.60. The van der Waals surface area contributed by atoms with Gasteiger partial charge in [-0.15, -0.1) is 11.3 Å². The van der Waals surface area contributed by atoms with Crippen molar-refractivity contribution in [3.63, 3.8) is 0 Å². The van der Waals surface area contributed by atoms with Crippen LogP contribution in [0.3, 0.4) is 0 Å². The molecule has 1 aliphatic rings. The highest BCUT2D eigenvalue weighted by Crippen LogP contribution is 2.46. The van der Waals surface area contributed by atoms with Gasteiger partial charge < -0.3 is 20.3 Å². The van der Waals surface area contributed by atoms with Gasteiger partial charge in [-0.1, -0.05) is 48.5 Å². The Hall–Kier alpha value is -3.90. The maximum absolute atomic E-state index is 11.7. The standard InChI is InChI=1S/C25H18N2O3S/c28-13-20-22(15-6-2-1-3-7-15)24(30)23-18(14-31-25(23)27-20)16-10-11-19(26-12-16)17-8-4-5-9-21(17)29/h1-14,20,27,29-30H. The van der Waals surface area contributed by atoms with Crippen LogP contribution in [0.15, 0.2) is 78.3 Å². The van der Waals surface area contributed by atoms with E-state index in [0.717, 1.165) is 28.0 Å². The Kier molecular flexibility index (Phi) is 4.76. The molecule has 3 heterocycles. The van der Waals surface area contributed by atoms with Crippen molar-refractivity contribution in [3.05, 3.63) is 89.4 Å². The zero-order valence-electron chi connectivity index (χ0n) is 16.3. The molecule has 3 N–H and O–H groups in total. The third-order valence-corrected chi connectivity index (χ3v) is 6.27. The van der Waals surface area contributed by atoms with Crippen molar-refractivity contribution in [3.8, 4) is 28.1 Å². The van der Waals surface area contributed by atoms with Gasteiger partial charge in [-0.2, -0.15) is 0 Å². The number of fused-ring (bicyclic) bond motifs is 1. The molecular weight excluding hydrogens is 408 g/mol. The first-order valence-electron chi connectivity index (χ1n) is 9.74. The summed E-state index contributed by atoms with van der Waals surface area (Å²) in [5, 5.41) is 27.2. The van der Waals surface area contributed by atoms with E-state index in [1.54, 1.807) is 18.3 Å². The van der Waals surface area contributed by atoms with Gasteiger partial charge in [0.1, 0.15) is 28.8 Å². The number of aliphatic hydroxyl groups is 1. The number of aliphatic hydroxyl groups excluding tert-OH is 1. The molecule has 5 rings (SSSR count). The number of carbonyl (C=O) groups is 1. The predicted molar refractivity (Wildman–Crippen MR) is 124 cm³/mol. The molecule has 0 amide bonds. The number of hydrogen-bond donors (Lipinski definition) is 3. The Morgan fingerprint density at radius 1 is 0.903 bits per heavy atom. The van der Waals surface area contributed by atoms with Crippen LogP contribution in [-0.4, -0.2) is 27.5 Å². The molecule has 1 unspecified atom stereocenters. The number of para-hydroxylation sites is 1. The zero-order chi connectivity index (χ0) is 21.4. The average molecular weight is 426 g/mol. The number of pyridine rings is 1. The van der Waals surface area contributed by atoms with Crippen LogP contribution in [0.1, 0.15) is 11.1 Å². The van der Waals surface area contributed by atoms with Gasteiger partial charge in [-0.3, -0.25) is 4.98 Å². The molecule has 0 aliphatic carbocycles. The van der Waals surface area contributed by atoms with Gasteiger partial charge in [-0.05, 0) is 23.8 Å². The normalized spacial score (nSPS) is 15.3. The van der Waals surface area contributed by atoms with Gasteiger partial charge in [-0.25, -0.2) is 0 Å². The van der Waals surface area contributed by atoms with Gasteiger partial charge in [0, 0.05) is 33.8 Å². The fourth-order valence-corrected chi connectivity index (χ4v) is 4.85. The first-order valence-corrected chi connectivity index (χ1v) is 10.6. The lowest BCUT2D eigenvalue weighted by atomic mass is 9.90. The highest BCUT2D eigenvalue weighted by Gasteiger charge is 2.31. The number of phenols is 1. The van der Waals surface area contributed by atoms with Crippen LogP contribution in [0, 0.1) is 0 Å². The maximum atomic E-state index is 11.7. The van der Waals surface area contributed by atoms with Crippen LogP contribution >= 0.6 is 11.3 Å². The third kappa shape index (κ3) is 3.27. The maximum Gasteiger partial charge on any atom is 0.146 e. The van der Waals surface area contributed by atoms with Crippen LogP contribution in [0.4, 0.5) is 5.00 Å². The number of hydrogen-bond acceptors (Lipinski definition) is 6. The lowest BCUT2D eigenvalue weighted by Crippen LogP contribution is -2.27. The Balaban J connectivity index is 1.60. The van der Waals surface area contributed by atoms with Crippen molar-refractivity contribution >= 4 is 34.0 Å². The SMILES string of the molecule is O=CC1Nc2scc(-c3ccc(-c4ccccc4O)nc3)c2C(O)=C1c1ccccc1. The number of thiophene rings is 1. The lowest BCUT2D eigenvalue weighted by Gasteiger charge is -2.25. The number of aromatic hydroxyl groups is 1. The number of benzene rings is 2. The van der Waals surface area contributed by atoms with E-state index in [-0.39, 0.29) is 11.5 Å². The number of rotatable bonds is 4. The molecular formula is C25H18N2O3S. The summed E-state index contributed by atoms with van der Waals surface area (Å²) in [6.07, 6.45) is 2.54. The second-order valence-corrected chi connectivity index (χ2v) is 8.07. The van der Waals surface area contributed by atoms with E-state index in [1.165, 1.54) is 11.3 Å². The van der Waals surface area contributed by atoms with E-state index >= 15 is 0 Å². The second-order valence-electron chi connectivity index (χ2n) is 7.19. The monoisotopic (exact) mass is 426 g/mol. The van der Waals surface area contributed by atoms with E-state index in [4.69, 9.17) is 0 Å². The molecule has 2 aromatic heterocycles. The molecule has 1 aliphatic heterocycles. The van der Waals surface area contributed by atoms with E-state index in [9.17, 15) is 15.0 Å². The number of aldehydes is 1. The van der Waals surface area contributed by atoms with Crippen LogP contribution in [-0.2, 0) is 4.79 Å². The largest absolute Gasteiger partial charge is 0.507 e. The number of anilines is 1. The molecule has 2 aromatic carbocycles. The highest BCUT2D eigenvalue weighted by atomic mass is 32.1. The Bertz CT molecular complexity index is 1290. The zero-order valence-corrected chi connectivity index (χ0v) is 17.1. The van der Waals surface area contributed by atoms with Crippen LogP contribution in [0.2, 0.25) is 0 Å². The van der Waals surface area contributed by atoms with E-state index in [0.29, 0.717) is 22.4 Å². The minimum absolute atomic E-state index is 0.0954. The quantitative estimate of drug-likeness (QED) is 0.370. The van der Waals surface area contributed by atoms with E-state index in [1.807, 2.05) is 60.0 Å². The van der Waals surface area contributed by atoms with Crippen molar-refractivity contribution < 1.29 is 15.0 Å². The molecule has 152 valence electrons. The van der Waals surface area contributed by atoms with Gasteiger partial charge in [0.05, 0.1) is 11.3 Å². The number of phenolic OH excluding ortho intramolecular Hbond substituents is 1. The van der Waals surface area contributed by atoms with Crippen LogP contribution in [0.25, 0.3) is 33.7 Å². The van der Waals surface area contributed by atoms with Gasteiger partial charge in [0.25, 0.3) is 0 Å². The second kappa shape index (κ2) is 7.74. The summed E-state index contributed by atoms with van der Waals surface area (Å²) >= 11 is 1.44. The molecule has 5 nitrogen and oxygen atoms in total. The van der Waals surface area contributed by atoms with Gasteiger partial charge >= 0.3 is 0 Å². The molecule has 6 heteroatoms. The summed E-state index contributed by atoms with van der Waals surface area (Å²) in [5.41, 5.74) is 5.00. The number of nitrogens with one attached hydrogen (secondary N) is 1. The number of nitrogens with zero attached hydrogens (tertiary/aromatic N) is 1. The fourth-order valence-electron chi connectivity index (χ4n) is 3.85. The molecule has 1 atom stereocenters. The van der Waals surface area contributed by atoms with Crippen molar-refractivity contribution in [1.82, 2.24) is 4.98 Å². The van der Waals surface area contributed by atoms with Crippen molar-refractivity contribution in [1.29, 1.82) is 0 Å². The molecule has 0 spiro atoms. The van der Waals surface area contributed by atoms with Crippen LogP contribution < -0.4 is 5.32 Å². The lowest BCUT2D eigenvalue weighted by molar-refractivity contribution is -0.107. The van der Waals surface area contributed by atoms with Crippen molar-refractivity contribution in [2.75, 3.05) is 5.32 Å². The van der Waals surface area contributed by atoms with Gasteiger partial charge in [0.15, 0.2) is 0 Å². The first kappa shape index (κ1) is 19.1. The first-order chi connectivity index (χ1) is 15.2. The molecule has 0 saturated heterocycles. The Morgan fingerprint density at radius 2 is 1.68 bits per heavy atom. The fraction of sp³-hybridized carbons (Fsp3) is 0.0400. The topological polar surface area (TPSA) is 82.5 Å². The van der Waals surface area contributed by atoms with Crippen LogP contribution in [0.5, 0.6) is 5.75 Å². The van der Waals surface area contributed by atoms with Crippen molar-refractivity contribution in [2.45, 2.75) is 6.04 Å².